The van der Waals surface area contributed by atoms with Gasteiger partial charge in [0.2, 0.25) is 0 Å². The number of terminal acetylenes is 1. The van der Waals surface area contributed by atoms with Crippen LogP contribution in [0.4, 0.5) is 4.39 Å². The highest BCUT2D eigenvalue weighted by molar-refractivity contribution is 4.86. The van der Waals surface area contributed by atoms with Gasteiger partial charge in [0.15, 0.2) is 0 Å². The smallest absolute Gasteiger partial charge is 0.134 e. The fourth-order valence-corrected chi connectivity index (χ4v) is 1.45. The third-order valence-corrected chi connectivity index (χ3v) is 2.18. The van der Waals surface area contributed by atoms with Crippen molar-refractivity contribution < 1.29 is 9.13 Å². The molecule has 0 aromatic carbocycles. The third-order valence-electron chi connectivity index (χ3n) is 2.18. The van der Waals surface area contributed by atoms with E-state index < -0.39 is 5.67 Å². The number of alkyl halides is 1. The highest BCUT2D eigenvalue weighted by atomic mass is 19.1. The molecule has 0 saturated heterocycles. The first kappa shape index (κ1) is 13.4. The maximum absolute atomic E-state index is 14.1. The second kappa shape index (κ2) is 7.78. The quantitative estimate of drug-likeness (QED) is 0.481. The van der Waals surface area contributed by atoms with Crippen LogP contribution in [-0.2, 0) is 4.74 Å². The summed E-state index contributed by atoms with van der Waals surface area (Å²) in [7, 11) is 1.51. The molecule has 0 heterocycles. The molecule has 1 atom stereocenters. The van der Waals surface area contributed by atoms with Gasteiger partial charge in [0.25, 0.3) is 0 Å². The van der Waals surface area contributed by atoms with Gasteiger partial charge < -0.3 is 10.5 Å². The molecule has 2 nitrogen and oxygen atoms in total. The van der Waals surface area contributed by atoms with Crippen LogP contribution in [0.3, 0.4) is 0 Å². The highest BCUT2D eigenvalue weighted by Crippen LogP contribution is 2.25. The van der Waals surface area contributed by atoms with E-state index in [1.54, 1.807) is 0 Å². The lowest BCUT2D eigenvalue weighted by Gasteiger charge is -2.24. The molecule has 0 aliphatic rings. The number of unbranched alkanes of at least 4 members (excludes halogenated alkanes) is 1. The van der Waals surface area contributed by atoms with Crippen LogP contribution in [-0.4, -0.2) is 25.9 Å². The first-order chi connectivity index (χ1) is 6.68. The maximum Gasteiger partial charge on any atom is 0.134 e. The van der Waals surface area contributed by atoms with E-state index >= 15 is 0 Å². The van der Waals surface area contributed by atoms with E-state index in [9.17, 15) is 4.39 Å². The van der Waals surface area contributed by atoms with Crippen LogP contribution in [0, 0.1) is 12.3 Å². The Bertz CT molecular complexity index is 179. The summed E-state index contributed by atoms with van der Waals surface area (Å²) >= 11 is 0. The molecule has 2 N–H and O–H groups in total. The van der Waals surface area contributed by atoms with Gasteiger partial charge in [-0.15, -0.1) is 12.3 Å². The van der Waals surface area contributed by atoms with Crippen molar-refractivity contribution in [1.29, 1.82) is 0 Å². The molecule has 0 spiro atoms. The number of halogens is 1. The Morgan fingerprint density at radius 3 is 2.57 bits per heavy atom. The van der Waals surface area contributed by atoms with Gasteiger partial charge in [-0.3, -0.25) is 0 Å². The minimum Gasteiger partial charge on any atom is -0.381 e. The molecule has 0 saturated carbocycles. The van der Waals surface area contributed by atoms with Crippen LogP contribution in [0.1, 0.15) is 32.1 Å². The van der Waals surface area contributed by atoms with Crippen LogP contribution in [0.2, 0.25) is 0 Å². The third kappa shape index (κ3) is 5.95. The highest BCUT2D eigenvalue weighted by Gasteiger charge is 2.28. The number of hydrogen-bond acceptors (Lipinski definition) is 2. The fourth-order valence-electron chi connectivity index (χ4n) is 1.45. The summed E-state index contributed by atoms with van der Waals surface area (Å²) < 4.78 is 18.9. The molecule has 3 heteroatoms. The minimum absolute atomic E-state index is 0.136. The first-order valence-electron chi connectivity index (χ1n) is 5.00. The molecule has 82 valence electrons. The Balaban J connectivity index is 3.89. The first-order valence-corrected chi connectivity index (χ1v) is 5.00. The summed E-state index contributed by atoms with van der Waals surface area (Å²) in [5.41, 5.74) is 4.10. The van der Waals surface area contributed by atoms with E-state index in [2.05, 4.69) is 5.92 Å². The van der Waals surface area contributed by atoms with E-state index in [1.807, 2.05) is 0 Å². The van der Waals surface area contributed by atoms with Gasteiger partial charge in [0.05, 0.1) is 6.61 Å². The molecule has 0 amide bonds. The van der Waals surface area contributed by atoms with Gasteiger partial charge in [-0.25, -0.2) is 4.39 Å². The molecular weight excluding hydrogens is 181 g/mol. The molecule has 0 aromatic heterocycles. The van der Waals surface area contributed by atoms with Crippen molar-refractivity contribution in [3.05, 3.63) is 0 Å². The zero-order valence-corrected chi connectivity index (χ0v) is 8.89. The van der Waals surface area contributed by atoms with Gasteiger partial charge in [-0.1, -0.05) is 0 Å². The molecule has 0 bridgehead atoms. The SMILES string of the molecule is C#CCCCC(F)(CCCN)COC. The van der Waals surface area contributed by atoms with Crippen LogP contribution in [0.5, 0.6) is 0 Å². The Kier molecular flexibility index (Phi) is 7.45. The standard InChI is InChI=1S/C11H20FNO/c1-3-4-5-7-11(12,10-14-2)8-6-9-13/h1H,4-10,13H2,2H3. The number of hydrogen-bond donors (Lipinski definition) is 1. The summed E-state index contributed by atoms with van der Waals surface area (Å²) in [6, 6.07) is 0. The van der Waals surface area contributed by atoms with Crippen molar-refractivity contribution in [3.63, 3.8) is 0 Å². The topological polar surface area (TPSA) is 35.2 Å². The van der Waals surface area contributed by atoms with Crippen molar-refractivity contribution in [1.82, 2.24) is 0 Å². The minimum atomic E-state index is -1.25. The molecular formula is C11H20FNO. The second-order valence-corrected chi connectivity index (χ2v) is 3.53. The summed E-state index contributed by atoms with van der Waals surface area (Å²) in [6.45, 7) is 0.655. The molecule has 14 heavy (non-hydrogen) atoms. The Labute approximate surface area is 86.0 Å². The van der Waals surface area contributed by atoms with Gasteiger partial charge in [0.1, 0.15) is 5.67 Å². The molecule has 0 aromatic rings. The maximum atomic E-state index is 14.1. The lowest BCUT2D eigenvalue weighted by Crippen LogP contribution is -2.29. The van der Waals surface area contributed by atoms with Gasteiger partial charge in [0, 0.05) is 13.5 Å². The van der Waals surface area contributed by atoms with Crippen molar-refractivity contribution in [2.75, 3.05) is 20.3 Å². The van der Waals surface area contributed by atoms with E-state index in [0.717, 1.165) is 0 Å². The summed E-state index contributed by atoms with van der Waals surface area (Å²) in [5, 5.41) is 0. The molecule has 0 aliphatic carbocycles. The van der Waals surface area contributed by atoms with Crippen LogP contribution < -0.4 is 5.73 Å². The predicted octanol–water partition coefficient (Wildman–Crippen LogP) is 1.88. The Hall–Kier alpha value is -0.590. The zero-order chi connectivity index (χ0) is 10.9. The molecule has 0 fully saturated rings. The average molecular weight is 201 g/mol. The number of methoxy groups -OCH3 is 1. The molecule has 0 aliphatic heterocycles. The van der Waals surface area contributed by atoms with Gasteiger partial charge >= 0.3 is 0 Å². The van der Waals surface area contributed by atoms with Crippen LogP contribution in [0.25, 0.3) is 0 Å². The largest absolute Gasteiger partial charge is 0.381 e. The van der Waals surface area contributed by atoms with Crippen molar-refractivity contribution in [2.24, 2.45) is 5.73 Å². The van der Waals surface area contributed by atoms with E-state index in [1.165, 1.54) is 7.11 Å². The summed E-state index contributed by atoms with van der Waals surface area (Å²) in [6.07, 6.45) is 8.05. The van der Waals surface area contributed by atoms with Crippen LogP contribution >= 0.6 is 0 Å². The number of nitrogens with two attached hydrogens (primary N) is 1. The lowest BCUT2D eigenvalue weighted by atomic mass is 9.94. The fraction of sp³-hybridized carbons (Fsp3) is 0.818. The van der Waals surface area contributed by atoms with E-state index in [-0.39, 0.29) is 6.61 Å². The van der Waals surface area contributed by atoms with Crippen molar-refractivity contribution in [3.8, 4) is 12.3 Å². The van der Waals surface area contributed by atoms with Crippen molar-refractivity contribution >= 4 is 0 Å². The molecule has 1 unspecified atom stereocenters. The van der Waals surface area contributed by atoms with Crippen LogP contribution in [0.15, 0.2) is 0 Å². The Morgan fingerprint density at radius 2 is 2.07 bits per heavy atom. The second-order valence-electron chi connectivity index (χ2n) is 3.53. The van der Waals surface area contributed by atoms with Gasteiger partial charge in [-0.2, -0.15) is 0 Å². The number of rotatable bonds is 8. The van der Waals surface area contributed by atoms with E-state index in [0.29, 0.717) is 38.6 Å². The van der Waals surface area contributed by atoms with Gasteiger partial charge in [-0.05, 0) is 32.2 Å². The molecule has 0 rings (SSSR count). The monoisotopic (exact) mass is 201 g/mol. The zero-order valence-electron chi connectivity index (χ0n) is 8.89. The predicted molar refractivity (Wildman–Crippen MR) is 56.7 cm³/mol. The Morgan fingerprint density at radius 1 is 1.43 bits per heavy atom. The normalized spacial score (nSPS) is 14.7. The average Bonchev–Trinajstić information content (AvgIpc) is 2.16. The molecule has 0 radical (unpaired) electrons. The summed E-state index contributed by atoms with van der Waals surface area (Å²) in [5.74, 6) is 2.51. The lowest BCUT2D eigenvalue weighted by molar-refractivity contribution is 0.0256. The van der Waals surface area contributed by atoms with Crippen molar-refractivity contribution in [2.45, 2.75) is 37.8 Å². The summed E-state index contributed by atoms with van der Waals surface area (Å²) in [4.78, 5) is 0. The van der Waals surface area contributed by atoms with E-state index in [4.69, 9.17) is 16.9 Å². The number of ether oxygens (including phenoxy) is 1.